The lowest BCUT2D eigenvalue weighted by Gasteiger charge is -2.60. The van der Waals surface area contributed by atoms with E-state index in [9.17, 15) is 0 Å². The van der Waals surface area contributed by atoms with Gasteiger partial charge in [0, 0.05) is 36.6 Å². The zero-order valence-electron chi connectivity index (χ0n) is 12.6. The number of methoxy groups -OCH3 is 1. The highest BCUT2D eigenvalue weighted by Crippen LogP contribution is 2.51. The molecule has 1 aromatic heterocycles. The van der Waals surface area contributed by atoms with Crippen LogP contribution >= 0.6 is 0 Å². The van der Waals surface area contributed by atoms with Crippen molar-refractivity contribution < 1.29 is 9.47 Å². The van der Waals surface area contributed by atoms with E-state index >= 15 is 0 Å². The van der Waals surface area contributed by atoms with Gasteiger partial charge in [-0.3, -0.25) is 0 Å². The Kier molecular flexibility index (Phi) is 3.69. The summed E-state index contributed by atoms with van der Waals surface area (Å²) in [6.45, 7) is 6.32. The van der Waals surface area contributed by atoms with Gasteiger partial charge in [-0.25, -0.2) is 4.98 Å². The van der Waals surface area contributed by atoms with Gasteiger partial charge < -0.3 is 14.8 Å². The van der Waals surface area contributed by atoms with Gasteiger partial charge in [0.25, 0.3) is 0 Å². The van der Waals surface area contributed by atoms with Crippen LogP contribution in [0.15, 0.2) is 18.2 Å². The normalized spacial score (nSPS) is 31.2. The molecular formula is C16H24N2O2. The lowest BCUT2D eigenvalue weighted by Crippen LogP contribution is -2.69. The molecule has 1 aliphatic carbocycles. The molecule has 4 nitrogen and oxygen atoms in total. The van der Waals surface area contributed by atoms with E-state index in [1.165, 1.54) is 12.8 Å². The summed E-state index contributed by atoms with van der Waals surface area (Å²) in [5.41, 5.74) is 1.24. The number of nitrogens with one attached hydrogen (secondary N) is 1. The van der Waals surface area contributed by atoms with E-state index in [0.717, 1.165) is 18.8 Å². The van der Waals surface area contributed by atoms with E-state index in [0.29, 0.717) is 23.9 Å². The molecule has 0 bridgehead atoms. The summed E-state index contributed by atoms with van der Waals surface area (Å²) in [7, 11) is 1.65. The minimum atomic E-state index is 0.212. The number of aromatic nitrogens is 1. The summed E-state index contributed by atoms with van der Waals surface area (Å²) in [6.07, 6.45) is 2.89. The Labute approximate surface area is 120 Å². The fourth-order valence-electron chi connectivity index (χ4n) is 3.82. The molecule has 1 saturated carbocycles. The minimum Gasteiger partial charge on any atom is -0.481 e. The number of hydrogen-bond acceptors (Lipinski definition) is 4. The standard InChI is InChI=1S/C16H24N2O2/c1-16(2)14(12-7-5-9-20-15(12)16)17-10-11-6-4-8-13(18-11)19-3/h4,6,8,12,14-15,17H,5,7,9-10H2,1-3H3. The maximum Gasteiger partial charge on any atom is 0.213 e. The van der Waals surface area contributed by atoms with E-state index < -0.39 is 0 Å². The van der Waals surface area contributed by atoms with Gasteiger partial charge in [0.05, 0.1) is 18.9 Å². The molecule has 1 aromatic rings. The van der Waals surface area contributed by atoms with Gasteiger partial charge in [-0.2, -0.15) is 0 Å². The van der Waals surface area contributed by atoms with Crippen LogP contribution in [0.25, 0.3) is 0 Å². The molecular weight excluding hydrogens is 252 g/mol. The average Bonchev–Trinajstić information content (AvgIpc) is 2.47. The Morgan fingerprint density at radius 1 is 1.45 bits per heavy atom. The van der Waals surface area contributed by atoms with Crippen LogP contribution in [0.1, 0.15) is 32.4 Å². The average molecular weight is 276 g/mol. The van der Waals surface area contributed by atoms with Crippen LogP contribution in [0.2, 0.25) is 0 Å². The monoisotopic (exact) mass is 276 g/mol. The van der Waals surface area contributed by atoms with Crippen molar-refractivity contribution in [2.45, 2.75) is 45.4 Å². The molecule has 3 atom stereocenters. The number of nitrogens with zero attached hydrogens (tertiary/aromatic N) is 1. The molecule has 0 radical (unpaired) electrons. The van der Waals surface area contributed by atoms with Gasteiger partial charge in [0.15, 0.2) is 0 Å². The third kappa shape index (κ3) is 2.31. The van der Waals surface area contributed by atoms with Crippen molar-refractivity contribution in [2.75, 3.05) is 13.7 Å². The zero-order valence-corrected chi connectivity index (χ0v) is 12.6. The second-order valence-corrected chi connectivity index (χ2v) is 6.45. The van der Waals surface area contributed by atoms with Gasteiger partial charge in [-0.1, -0.05) is 19.9 Å². The molecule has 3 rings (SSSR count). The quantitative estimate of drug-likeness (QED) is 0.917. The second-order valence-electron chi connectivity index (χ2n) is 6.45. The Morgan fingerprint density at radius 3 is 3.10 bits per heavy atom. The number of fused-ring (bicyclic) bond motifs is 1. The SMILES string of the molecule is COc1cccc(CNC2C3CCCOC3C2(C)C)n1. The van der Waals surface area contributed by atoms with Crippen LogP contribution < -0.4 is 10.1 Å². The van der Waals surface area contributed by atoms with Crippen molar-refractivity contribution in [3.05, 3.63) is 23.9 Å². The molecule has 20 heavy (non-hydrogen) atoms. The van der Waals surface area contributed by atoms with Crippen LogP contribution in [0.5, 0.6) is 5.88 Å². The molecule has 2 heterocycles. The van der Waals surface area contributed by atoms with Gasteiger partial charge in [0.2, 0.25) is 5.88 Å². The Balaban J connectivity index is 1.63. The number of rotatable bonds is 4. The number of hydrogen-bond donors (Lipinski definition) is 1. The van der Waals surface area contributed by atoms with Crippen LogP contribution in [0, 0.1) is 11.3 Å². The summed E-state index contributed by atoms with van der Waals surface area (Å²) in [6, 6.07) is 6.42. The summed E-state index contributed by atoms with van der Waals surface area (Å²) in [4.78, 5) is 4.46. The smallest absolute Gasteiger partial charge is 0.213 e. The summed E-state index contributed by atoms with van der Waals surface area (Å²) >= 11 is 0. The first-order chi connectivity index (χ1) is 9.63. The topological polar surface area (TPSA) is 43.4 Å². The first-order valence-electron chi connectivity index (χ1n) is 7.48. The van der Waals surface area contributed by atoms with Crippen LogP contribution in [0.4, 0.5) is 0 Å². The molecule has 0 spiro atoms. The van der Waals surface area contributed by atoms with Crippen molar-refractivity contribution >= 4 is 0 Å². The van der Waals surface area contributed by atoms with Gasteiger partial charge in [-0.15, -0.1) is 0 Å². The number of ether oxygens (including phenoxy) is 2. The first-order valence-corrected chi connectivity index (χ1v) is 7.48. The predicted molar refractivity (Wildman–Crippen MR) is 77.7 cm³/mol. The van der Waals surface area contributed by atoms with Gasteiger partial charge in [-0.05, 0) is 18.9 Å². The molecule has 0 amide bonds. The van der Waals surface area contributed by atoms with Crippen molar-refractivity contribution in [2.24, 2.45) is 11.3 Å². The van der Waals surface area contributed by atoms with Crippen LogP contribution in [-0.2, 0) is 11.3 Å². The highest BCUT2D eigenvalue weighted by molar-refractivity contribution is 5.16. The van der Waals surface area contributed by atoms with E-state index in [1.54, 1.807) is 7.11 Å². The first kappa shape index (κ1) is 13.8. The second kappa shape index (κ2) is 5.34. The van der Waals surface area contributed by atoms with Crippen molar-refractivity contribution in [1.29, 1.82) is 0 Å². The van der Waals surface area contributed by atoms with Crippen LogP contribution in [-0.4, -0.2) is 30.8 Å². The van der Waals surface area contributed by atoms with Crippen molar-refractivity contribution in [3.63, 3.8) is 0 Å². The Hall–Kier alpha value is -1.13. The third-order valence-corrected chi connectivity index (χ3v) is 4.82. The molecule has 1 N–H and O–H groups in total. The predicted octanol–water partition coefficient (Wildman–Crippen LogP) is 2.38. The summed E-state index contributed by atoms with van der Waals surface area (Å²) in [5.74, 6) is 1.33. The van der Waals surface area contributed by atoms with Gasteiger partial charge >= 0.3 is 0 Å². The minimum absolute atomic E-state index is 0.212. The molecule has 4 heteroatoms. The lowest BCUT2D eigenvalue weighted by molar-refractivity contribution is -0.193. The highest BCUT2D eigenvalue weighted by atomic mass is 16.5. The highest BCUT2D eigenvalue weighted by Gasteiger charge is 2.57. The molecule has 0 aromatic carbocycles. The maximum absolute atomic E-state index is 5.94. The van der Waals surface area contributed by atoms with E-state index in [4.69, 9.17) is 9.47 Å². The molecule has 1 aliphatic heterocycles. The zero-order chi connectivity index (χ0) is 14.2. The van der Waals surface area contributed by atoms with Crippen LogP contribution in [0.3, 0.4) is 0 Å². The Bertz CT molecular complexity index is 475. The van der Waals surface area contributed by atoms with E-state index in [-0.39, 0.29) is 5.41 Å². The van der Waals surface area contributed by atoms with Crippen molar-refractivity contribution in [3.8, 4) is 5.88 Å². The largest absolute Gasteiger partial charge is 0.481 e. The van der Waals surface area contributed by atoms with Crippen molar-refractivity contribution in [1.82, 2.24) is 10.3 Å². The summed E-state index contributed by atoms with van der Waals surface area (Å²) in [5, 5.41) is 3.68. The lowest BCUT2D eigenvalue weighted by atomic mass is 9.55. The molecule has 110 valence electrons. The fraction of sp³-hybridized carbons (Fsp3) is 0.688. The number of pyridine rings is 1. The Morgan fingerprint density at radius 2 is 2.30 bits per heavy atom. The molecule has 2 fully saturated rings. The molecule has 1 saturated heterocycles. The van der Waals surface area contributed by atoms with Gasteiger partial charge in [0.1, 0.15) is 0 Å². The molecule has 3 unspecified atom stereocenters. The summed E-state index contributed by atoms with van der Waals surface area (Å²) < 4.78 is 11.1. The maximum atomic E-state index is 5.94. The van der Waals surface area contributed by atoms with E-state index in [1.807, 2.05) is 18.2 Å². The fourth-order valence-corrected chi connectivity index (χ4v) is 3.82. The molecule has 2 aliphatic rings. The third-order valence-electron chi connectivity index (χ3n) is 4.82. The van der Waals surface area contributed by atoms with E-state index in [2.05, 4.69) is 24.1 Å².